The number of nitrogens with zero attached hydrogens (tertiary/aromatic N) is 3. The molecule has 25 heavy (non-hydrogen) atoms. The lowest BCUT2D eigenvalue weighted by molar-refractivity contribution is -0.0498. The maximum Gasteiger partial charge on any atom is 0.387 e. The quantitative estimate of drug-likeness (QED) is 0.691. The lowest BCUT2D eigenvalue weighted by Gasteiger charge is -2.12. The molecule has 0 aliphatic carbocycles. The highest BCUT2D eigenvalue weighted by Gasteiger charge is 2.13. The third kappa shape index (κ3) is 3.53. The summed E-state index contributed by atoms with van der Waals surface area (Å²) in [6.07, 6.45) is 1.49. The van der Waals surface area contributed by atoms with Crippen LogP contribution in [0, 0.1) is 0 Å². The first kappa shape index (κ1) is 17.1. The summed E-state index contributed by atoms with van der Waals surface area (Å²) in [6, 6.07) is 7.13. The standard InChI is InChI=1S/C16H12ClF2N3O3/c1-2-24-16-20-8-9-7-12(17)14(23)22(13(9)21-16)10-3-5-11(6-4-10)25-15(18)19/h3-8,15H,2H2,1H3. The highest BCUT2D eigenvalue weighted by Crippen LogP contribution is 2.22. The Bertz CT molecular complexity index is 961. The topological polar surface area (TPSA) is 66.2 Å². The van der Waals surface area contributed by atoms with Crippen LogP contribution in [0.25, 0.3) is 16.7 Å². The number of rotatable bonds is 5. The number of hydrogen-bond acceptors (Lipinski definition) is 5. The van der Waals surface area contributed by atoms with Gasteiger partial charge < -0.3 is 9.47 Å². The van der Waals surface area contributed by atoms with Crippen LogP contribution >= 0.6 is 11.6 Å². The van der Waals surface area contributed by atoms with Crippen LogP contribution in [0.15, 0.2) is 41.3 Å². The van der Waals surface area contributed by atoms with Gasteiger partial charge in [0.2, 0.25) is 0 Å². The monoisotopic (exact) mass is 367 g/mol. The highest BCUT2D eigenvalue weighted by atomic mass is 35.5. The molecule has 0 fully saturated rings. The van der Waals surface area contributed by atoms with Crippen molar-refractivity contribution < 1.29 is 18.3 Å². The molecular weight excluding hydrogens is 356 g/mol. The molecule has 0 atom stereocenters. The molecule has 2 heterocycles. The predicted molar refractivity (Wildman–Crippen MR) is 87.9 cm³/mol. The van der Waals surface area contributed by atoms with Crippen molar-refractivity contribution in [3.05, 3.63) is 51.9 Å². The molecule has 1 aromatic carbocycles. The fourth-order valence-electron chi connectivity index (χ4n) is 2.26. The molecule has 0 radical (unpaired) electrons. The van der Waals surface area contributed by atoms with Gasteiger partial charge in [-0.05, 0) is 37.3 Å². The highest BCUT2D eigenvalue weighted by molar-refractivity contribution is 6.31. The number of halogens is 3. The van der Waals surface area contributed by atoms with E-state index in [9.17, 15) is 13.6 Å². The fourth-order valence-corrected chi connectivity index (χ4v) is 2.47. The molecule has 6 nitrogen and oxygen atoms in total. The molecule has 0 unspecified atom stereocenters. The Hall–Kier alpha value is -2.74. The summed E-state index contributed by atoms with van der Waals surface area (Å²) in [4.78, 5) is 20.8. The summed E-state index contributed by atoms with van der Waals surface area (Å²) >= 11 is 6.00. The van der Waals surface area contributed by atoms with Crippen molar-refractivity contribution in [1.82, 2.24) is 14.5 Å². The Morgan fingerprint density at radius 3 is 2.64 bits per heavy atom. The summed E-state index contributed by atoms with van der Waals surface area (Å²) in [5.41, 5.74) is 0.175. The first-order chi connectivity index (χ1) is 12.0. The molecule has 3 rings (SSSR count). The van der Waals surface area contributed by atoms with E-state index in [-0.39, 0.29) is 22.4 Å². The van der Waals surface area contributed by atoms with Crippen molar-refractivity contribution in [2.75, 3.05) is 6.61 Å². The number of pyridine rings is 1. The molecule has 3 aromatic rings. The average Bonchev–Trinajstić information content (AvgIpc) is 2.57. The van der Waals surface area contributed by atoms with E-state index < -0.39 is 12.2 Å². The van der Waals surface area contributed by atoms with Gasteiger partial charge in [0.05, 0.1) is 12.3 Å². The molecule has 130 valence electrons. The molecule has 0 saturated heterocycles. The molecule has 0 aliphatic heterocycles. The maximum absolute atomic E-state index is 12.5. The minimum absolute atomic E-state index is 0.0202. The number of fused-ring (bicyclic) bond motifs is 1. The Morgan fingerprint density at radius 2 is 2.00 bits per heavy atom. The van der Waals surface area contributed by atoms with E-state index in [1.54, 1.807) is 6.92 Å². The lowest BCUT2D eigenvalue weighted by Crippen LogP contribution is -2.20. The third-order valence-corrected chi connectivity index (χ3v) is 3.54. The summed E-state index contributed by atoms with van der Waals surface area (Å²) in [5, 5.41) is 0.508. The van der Waals surface area contributed by atoms with Crippen molar-refractivity contribution in [3.8, 4) is 17.4 Å². The van der Waals surface area contributed by atoms with Crippen molar-refractivity contribution in [3.63, 3.8) is 0 Å². The molecule has 2 aromatic heterocycles. The lowest BCUT2D eigenvalue weighted by atomic mass is 10.2. The Morgan fingerprint density at radius 1 is 1.28 bits per heavy atom. The molecule has 0 saturated carbocycles. The number of alkyl halides is 2. The zero-order chi connectivity index (χ0) is 18.0. The van der Waals surface area contributed by atoms with Crippen LogP contribution in [-0.4, -0.2) is 27.8 Å². The van der Waals surface area contributed by atoms with Gasteiger partial charge in [0, 0.05) is 11.6 Å². The maximum atomic E-state index is 12.5. The predicted octanol–water partition coefficient (Wildman–Crippen LogP) is 3.43. The van der Waals surface area contributed by atoms with Gasteiger partial charge in [0.15, 0.2) is 5.65 Å². The van der Waals surface area contributed by atoms with Gasteiger partial charge in [-0.2, -0.15) is 13.8 Å². The number of aromatic nitrogens is 3. The van der Waals surface area contributed by atoms with Crippen molar-refractivity contribution in [2.45, 2.75) is 13.5 Å². The Labute approximate surface area is 145 Å². The van der Waals surface area contributed by atoms with E-state index >= 15 is 0 Å². The van der Waals surface area contributed by atoms with E-state index in [2.05, 4.69) is 14.7 Å². The van der Waals surface area contributed by atoms with Crippen LogP contribution in [0.4, 0.5) is 8.78 Å². The largest absolute Gasteiger partial charge is 0.464 e. The second-order valence-corrected chi connectivity index (χ2v) is 5.28. The first-order valence-electron chi connectivity index (χ1n) is 7.26. The molecule has 9 heteroatoms. The summed E-state index contributed by atoms with van der Waals surface area (Å²) < 4.78 is 35.3. The summed E-state index contributed by atoms with van der Waals surface area (Å²) in [6.45, 7) is -0.783. The molecule has 0 N–H and O–H groups in total. The minimum Gasteiger partial charge on any atom is -0.464 e. The van der Waals surface area contributed by atoms with Crippen LogP contribution in [0.3, 0.4) is 0 Å². The van der Waals surface area contributed by atoms with Gasteiger partial charge in [-0.15, -0.1) is 0 Å². The van der Waals surface area contributed by atoms with Crippen LogP contribution in [0.1, 0.15) is 6.92 Å². The Balaban J connectivity index is 2.17. The minimum atomic E-state index is -2.93. The van der Waals surface area contributed by atoms with Crippen LogP contribution in [0.2, 0.25) is 5.02 Å². The zero-order valence-corrected chi connectivity index (χ0v) is 13.7. The van der Waals surface area contributed by atoms with E-state index in [1.165, 1.54) is 41.1 Å². The van der Waals surface area contributed by atoms with E-state index in [1.807, 2.05) is 0 Å². The number of hydrogen-bond donors (Lipinski definition) is 0. The van der Waals surface area contributed by atoms with Gasteiger partial charge in [0.25, 0.3) is 5.56 Å². The second-order valence-electron chi connectivity index (χ2n) is 4.87. The fraction of sp³-hybridized carbons (Fsp3) is 0.188. The van der Waals surface area contributed by atoms with Gasteiger partial charge in [-0.3, -0.25) is 9.36 Å². The van der Waals surface area contributed by atoms with Gasteiger partial charge in [0.1, 0.15) is 10.8 Å². The van der Waals surface area contributed by atoms with E-state index in [0.29, 0.717) is 17.7 Å². The molecule has 0 bridgehead atoms. The Kier molecular flexibility index (Phi) is 4.80. The van der Waals surface area contributed by atoms with Crippen molar-refractivity contribution >= 4 is 22.6 Å². The van der Waals surface area contributed by atoms with E-state index in [0.717, 1.165) is 0 Å². The molecular formula is C16H12ClF2N3O3. The molecule has 0 aliphatic rings. The van der Waals surface area contributed by atoms with Crippen LogP contribution < -0.4 is 15.0 Å². The average molecular weight is 368 g/mol. The van der Waals surface area contributed by atoms with Crippen molar-refractivity contribution in [2.24, 2.45) is 0 Å². The van der Waals surface area contributed by atoms with Gasteiger partial charge >= 0.3 is 12.6 Å². The summed E-state index contributed by atoms with van der Waals surface area (Å²) in [7, 11) is 0. The second kappa shape index (κ2) is 7.02. The molecule has 0 spiro atoms. The van der Waals surface area contributed by atoms with E-state index in [4.69, 9.17) is 16.3 Å². The smallest absolute Gasteiger partial charge is 0.387 e. The zero-order valence-electron chi connectivity index (χ0n) is 12.9. The van der Waals surface area contributed by atoms with Crippen LogP contribution in [0.5, 0.6) is 11.8 Å². The number of ether oxygens (including phenoxy) is 2. The normalized spacial score (nSPS) is 11.1. The van der Waals surface area contributed by atoms with Gasteiger partial charge in [-0.25, -0.2) is 4.98 Å². The summed E-state index contributed by atoms with van der Waals surface area (Å²) in [5.74, 6) is -0.0252. The van der Waals surface area contributed by atoms with Gasteiger partial charge in [-0.1, -0.05) is 11.6 Å². The SMILES string of the molecule is CCOc1ncc2cc(Cl)c(=O)n(-c3ccc(OC(F)F)cc3)c2n1. The number of benzene rings is 1. The molecule has 0 amide bonds. The van der Waals surface area contributed by atoms with Crippen LogP contribution in [-0.2, 0) is 0 Å². The first-order valence-corrected chi connectivity index (χ1v) is 7.63. The third-order valence-electron chi connectivity index (χ3n) is 3.27. The van der Waals surface area contributed by atoms with Crippen molar-refractivity contribution in [1.29, 1.82) is 0 Å².